The SMILES string of the molecule is C.C#CC#CC#CC#CC.CCC1=C[C@@H]2CN(CCc3c([nH]c4ccccc34)[C@@](C(=O)OC)(c3cc4c(cc3OC)N(C)[C@H]3[C@@](O)(COC(=O)C(C)(C)C)[C@H](OC(C)=O)[C@]5(CC)C=CCN6CC[C@]43C65)C2)C1.CC[C@]12C=CCN3CC[C@@]4(c5ccc(OC)cc5N(C)[C@H]4[C@@](O)(COC(=O)C(C)(C)C)[C@@H]1OC(C)=O)C32. The number of aliphatic hydroxyl groups is 2. The van der Waals surface area contributed by atoms with Crippen molar-refractivity contribution in [1.29, 1.82) is 0 Å². The molecule has 4 aromatic rings. The number of hydrogen-bond donors (Lipinski definition) is 3. The van der Waals surface area contributed by atoms with Gasteiger partial charge in [-0.05, 0) is 183 Å². The third-order valence-electron chi connectivity index (χ3n) is 25.4. The van der Waals surface area contributed by atoms with E-state index < -0.39 is 97.3 Å². The molecule has 20 heteroatoms. The molecule has 3 unspecified atom stereocenters. The molecule has 2 bridgehead atoms. The summed E-state index contributed by atoms with van der Waals surface area (Å²) in [6.45, 7) is 26.6. The summed E-state index contributed by atoms with van der Waals surface area (Å²) < 4.78 is 42.5. The minimum atomic E-state index is -1.87. The maximum absolute atomic E-state index is 15.4. The number of nitrogens with one attached hydrogen (secondary N) is 1. The summed E-state index contributed by atoms with van der Waals surface area (Å²) in [5.41, 5.74) is -0.285. The molecule has 14 rings (SSSR count). The quantitative estimate of drug-likeness (QED) is 0.0490. The number of aromatic amines is 1. The monoisotopic (exact) mass is 1490 g/mol. The highest BCUT2D eigenvalue weighted by Crippen LogP contribution is 2.70. The number of rotatable bonds is 13. The van der Waals surface area contributed by atoms with Crippen LogP contribution in [0.15, 0.2) is 90.6 Å². The molecule has 0 radical (unpaired) electrons. The second kappa shape index (κ2) is 30.4. The van der Waals surface area contributed by atoms with Crippen molar-refractivity contribution in [2.75, 3.05) is 104 Å². The highest BCUT2D eigenvalue weighted by atomic mass is 16.6. The van der Waals surface area contributed by atoms with Crippen LogP contribution >= 0.6 is 0 Å². The van der Waals surface area contributed by atoms with E-state index in [2.05, 4.69) is 152 Å². The first-order valence-electron chi connectivity index (χ1n) is 38.1. The van der Waals surface area contributed by atoms with Gasteiger partial charge in [0.05, 0.1) is 44.2 Å². The minimum absolute atomic E-state index is 0. The number of H-pyrrole nitrogens is 1. The van der Waals surface area contributed by atoms with E-state index in [0.717, 1.165) is 109 Å². The lowest BCUT2D eigenvalue weighted by atomic mass is 9.47. The number of para-hydroxylation sites is 1. The fraction of sp³-hybridized carbons (Fsp3) is 0.562. The molecule has 0 amide bonds. The largest absolute Gasteiger partial charge is 0.497 e. The Morgan fingerprint density at radius 3 is 1.72 bits per heavy atom. The standard InChI is InChI=1S/C50H64N4O8.C29H40N2O6.C9H4.CH4/c1-10-31-23-32-26-49(45(57)60-9,40-34(17-21-53(27-31)28-32)33-15-12-13-16-37(33)51-40)36-24-35-38(25-39(36)59-8)52(7)42-48(35)19-22-54-20-14-18-47(11-2,41(48)54)43(62-30(3)55)50(42,58)29-61-44(56)46(4,5)6;1-8-27-12-9-14-31-15-13-28(22(27)31)20-11-10-19(35-7)16-21(20)30(6)23(28)29(34,24(27)37-18(2)32)17-36-25(33)26(3,4)5;1-3-5-7-9-8-6-4-2;/h12-16,18,23-25,32,41-43,51,58H,10-11,17,19-22,26-29H2,1-9H3;9-12,16,22-24,34H,8,13-15,17H2,1-7H3;1H,2H3;1H4/t32-,41?,42+,43+,47+,48+,49-,50-;22?,23-,24-,27-,28-,29+;;/m01../s1. The first kappa shape index (κ1) is 81.0. The van der Waals surface area contributed by atoms with Gasteiger partial charge in [0.1, 0.15) is 42.3 Å². The second-order valence-electron chi connectivity index (χ2n) is 33.3. The average Bonchev–Trinajstić information content (AvgIpc) is 1.50. The molecular formula is C89H112N6O14. The van der Waals surface area contributed by atoms with E-state index in [1.165, 1.54) is 26.5 Å². The molecule has 3 N–H and O–H groups in total. The van der Waals surface area contributed by atoms with Crippen LogP contribution in [0.4, 0.5) is 11.4 Å². The summed E-state index contributed by atoms with van der Waals surface area (Å²) >= 11 is 0. The lowest BCUT2D eigenvalue weighted by molar-refractivity contribution is -0.234. The Balaban J connectivity index is 0.000000212. The van der Waals surface area contributed by atoms with Gasteiger partial charge in [0.25, 0.3) is 0 Å². The van der Waals surface area contributed by atoms with Crippen molar-refractivity contribution < 1.29 is 67.3 Å². The number of esters is 5. The van der Waals surface area contributed by atoms with Gasteiger partial charge in [-0.15, -0.1) is 6.42 Å². The molecule has 15 atom stereocenters. The van der Waals surface area contributed by atoms with Crippen LogP contribution in [0, 0.1) is 75.4 Å². The highest BCUT2D eigenvalue weighted by molar-refractivity contribution is 5.94. The molecule has 1 aromatic heterocycles. The first-order valence-corrected chi connectivity index (χ1v) is 38.1. The molecule has 2 saturated carbocycles. The molecule has 9 heterocycles. The van der Waals surface area contributed by atoms with Crippen molar-refractivity contribution in [2.45, 2.75) is 199 Å². The summed E-state index contributed by atoms with van der Waals surface area (Å²) in [6, 6.07) is 17.2. The molecule has 4 fully saturated rings. The number of anilines is 2. The predicted octanol–water partition coefficient (Wildman–Crippen LogP) is 10.6. The molecule has 3 aromatic carbocycles. The van der Waals surface area contributed by atoms with Gasteiger partial charge in [0.15, 0.2) is 11.2 Å². The van der Waals surface area contributed by atoms with Gasteiger partial charge in [-0.3, -0.25) is 38.7 Å². The lowest BCUT2D eigenvalue weighted by Crippen LogP contribution is -2.80. The number of nitrogens with zero attached hydrogens (tertiary/aromatic N) is 5. The van der Waals surface area contributed by atoms with Crippen LogP contribution in [-0.4, -0.2) is 202 Å². The fourth-order valence-electron chi connectivity index (χ4n) is 21.6. The maximum Gasteiger partial charge on any atom is 0.322 e. The molecule has 2 saturated heterocycles. The fourth-order valence-corrected chi connectivity index (χ4v) is 21.6. The van der Waals surface area contributed by atoms with Crippen molar-refractivity contribution >= 4 is 52.1 Å². The number of carbonyl (C=O) groups is 5. The van der Waals surface area contributed by atoms with E-state index in [4.69, 9.17) is 39.6 Å². The minimum Gasteiger partial charge on any atom is -0.497 e. The Hall–Kier alpha value is -8.99. The summed E-state index contributed by atoms with van der Waals surface area (Å²) in [6.07, 6.45) is 18.6. The summed E-state index contributed by atoms with van der Waals surface area (Å²) in [7, 11) is 8.72. The van der Waals surface area contributed by atoms with Crippen molar-refractivity contribution in [2.24, 2.45) is 27.6 Å². The smallest absolute Gasteiger partial charge is 0.322 e. The molecule has 8 aliphatic heterocycles. The predicted molar refractivity (Wildman–Crippen MR) is 422 cm³/mol. The molecule has 10 aliphatic rings. The Labute approximate surface area is 644 Å². The second-order valence-corrected chi connectivity index (χ2v) is 33.3. The van der Waals surface area contributed by atoms with E-state index in [1.54, 1.807) is 62.7 Å². The van der Waals surface area contributed by atoms with E-state index in [9.17, 15) is 29.4 Å². The molecule has 582 valence electrons. The van der Waals surface area contributed by atoms with Crippen molar-refractivity contribution in [1.82, 2.24) is 19.7 Å². The Bertz CT molecular complexity index is 4580. The number of likely N-dealkylation sites (N-methyl/N-ethyl adjacent to an activating group) is 2. The number of fused-ring (bicyclic) bond motifs is 7. The van der Waals surface area contributed by atoms with E-state index in [1.807, 2.05) is 38.4 Å². The number of carbonyl (C=O) groups excluding carboxylic acids is 5. The molecule has 20 nitrogen and oxygen atoms in total. The number of ether oxygens (including phenoxy) is 7. The van der Waals surface area contributed by atoms with Crippen molar-refractivity contribution in [3.63, 3.8) is 0 Å². The normalized spacial score (nSPS) is 31.6. The van der Waals surface area contributed by atoms with E-state index >= 15 is 4.79 Å². The maximum atomic E-state index is 15.4. The third-order valence-corrected chi connectivity index (χ3v) is 25.4. The summed E-state index contributed by atoms with van der Waals surface area (Å²) in [4.78, 5) is 83.2. The van der Waals surface area contributed by atoms with Crippen molar-refractivity contribution in [3.05, 3.63) is 118 Å². The lowest BCUT2D eigenvalue weighted by Gasteiger charge is -2.64. The van der Waals surface area contributed by atoms with Crippen LogP contribution in [0.2, 0.25) is 0 Å². The van der Waals surface area contributed by atoms with Crippen LogP contribution in [-0.2, 0) is 70.3 Å². The zero-order chi connectivity index (χ0) is 78.1. The van der Waals surface area contributed by atoms with E-state index in [0.29, 0.717) is 43.5 Å². The van der Waals surface area contributed by atoms with Crippen LogP contribution in [0.3, 0.4) is 0 Å². The third kappa shape index (κ3) is 12.9. The number of methoxy groups -OCH3 is 3. The Morgan fingerprint density at radius 2 is 1.21 bits per heavy atom. The van der Waals surface area contributed by atoms with Gasteiger partial charge >= 0.3 is 29.8 Å². The van der Waals surface area contributed by atoms with Gasteiger partial charge in [-0.25, -0.2) is 0 Å². The van der Waals surface area contributed by atoms with Crippen molar-refractivity contribution in [3.8, 4) is 59.4 Å². The summed E-state index contributed by atoms with van der Waals surface area (Å²) in [5.74, 6) is 16.1. The average molecular weight is 1490 g/mol. The number of aromatic nitrogens is 1. The number of benzene rings is 3. The number of terminal acetylenes is 1. The van der Waals surface area contributed by atoms with Gasteiger partial charge in [0.2, 0.25) is 0 Å². The summed E-state index contributed by atoms with van der Waals surface area (Å²) in [5, 5.41) is 27.8. The molecule has 2 spiro atoms. The molecule has 109 heavy (non-hydrogen) atoms. The molecule has 2 aliphatic carbocycles. The Kier molecular flexibility index (Phi) is 22.6. The zero-order valence-corrected chi connectivity index (χ0v) is 66.0. The van der Waals surface area contributed by atoms with Gasteiger partial charge in [0, 0.05) is 140 Å². The van der Waals surface area contributed by atoms with Gasteiger partial charge in [-0.1, -0.05) is 94.3 Å². The zero-order valence-electron chi connectivity index (χ0n) is 66.0. The number of hydrogen-bond acceptors (Lipinski definition) is 19. The van der Waals surface area contributed by atoms with Crippen LogP contribution in [0.5, 0.6) is 11.5 Å². The van der Waals surface area contributed by atoms with Gasteiger partial charge in [-0.2, -0.15) is 0 Å². The Morgan fingerprint density at radius 1 is 0.670 bits per heavy atom. The first-order chi connectivity index (χ1) is 51.3. The van der Waals surface area contributed by atoms with Crippen LogP contribution in [0.1, 0.15) is 157 Å². The topological polar surface area (TPSA) is 222 Å². The van der Waals surface area contributed by atoms with Gasteiger partial charge < -0.3 is 58.2 Å². The van der Waals surface area contributed by atoms with E-state index in [-0.39, 0.29) is 44.6 Å². The highest BCUT2D eigenvalue weighted by Gasteiger charge is 2.80. The van der Waals surface area contributed by atoms with Crippen LogP contribution < -0.4 is 19.3 Å². The van der Waals surface area contributed by atoms with Crippen LogP contribution in [0.25, 0.3) is 10.9 Å². The molecular weight excluding hydrogens is 1380 g/mol.